The smallest absolute Gasteiger partial charge is 0.364 e. The zero-order chi connectivity index (χ0) is 20.7. The predicted octanol–water partition coefficient (Wildman–Crippen LogP) is 5.21. The molecule has 3 aromatic rings. The number of para-hydroxylation sites is 1. The second-order valence-corrected chi connectivity index (χ2v) is 8.33. The highest BCUT2D eigenvalue weighted by Gasteiger charge is 2.39. The number of benzene rings is 3. The van der Waals surface area contributed by atoms with E-state index in [-0.39, 0.29) is 24.5 Å². The van der Waals surface area contributed by atoms with Gasteiger partial charge in [0, 0.05) is 6.07 Å². The van der Waals surface area contributed by atoms with Gasteiger partial charge in [-0.15, -0.1) is 0 Å². The Kier molecular flexibility index (Phi) is 6.90. The molecule has 8 heteroatoms. The fourth-order valence-corrected chi connectivity index (χ4v) is 4.27. The van der Waals surface area contributed by atoms with Gasteiger partial charge in [-0.05, 0) is 17.2 Å². The molecule has 0 spiro atoms. The van der Waals surface area contributed by atoms with Crippen molar-refractivity contribution in [2.75, 3.05) is 0 Å². The lowest BCUT2D eigenvalue weighted by molar-refractivity contribution is -0.386. The predicted molar refractivity (Wildman–Crippen MR) is 108 cm³/mol. The summed E-state index contributed by atoms with van der Waals surface area (Å²) in [6.45, 7) is -0.158. The Bertz CT molecular complexity index is 949. The Hall–Kier alpha value is -2.83. The lowest BCUT2D eigenvalue weighted by Crippen LogP contribution is -2.08. The largest absolute Gasteiger partial charge is 0.376 e. The van der Waals surface area contributed by atoms with Crippen molar-refractivity contribution in [1.29, 1.82) is 0 Å². The molecule has 29 heavy (non-hydrogen) atoms. The second kappa shape index (κ2) is 9.58. The summed E-state index contributed by atoms with van der Waals surface area (Å²) in [6.07, 6.45) is 0. The lowest BCUT2D eigenvalue weighted by Gasteiger charge is -2.23. The first-order valence-corrected chi connectivity index (χ1v) is 10.5. The minimum atomic E-state index is -4.18. The van der Waals surface area contributed by atoms with Gasteiger partial charge in [-0.25, -0.2) is 0 Å². The molecular weight excluding hydrogens is 393 g/mol. The number of hydrogen-bond acceptors (Lipinski definition) is 6. The van der Waals surface area contributed by atoms with Crippen LogP contribution in [0, 0.1) is 10.1 Å². The first kappa shape index (κ1) is 20.9. The average Bonchev–Trinajstić information content (AvgIpc) is 2.77. The Labute approximate surface area is 168 Å². The first-order valence-electron chi connectivity index (χ1n) is 8.87. The summed E-state index contributed by atoms with van der Waals surface area (Å²) in [6, 6.07) is 23.5. The van der Waals surface area contributed by atoms with Crippen LogP contribution in [0.25, 0.3) is 0 Å². The monoisotopic (exact) mass is 413 g/mol. The summed E-state index contributed by atoms with van der Waals surface area (Å²) in [5, 5.41) is 22.1. The number of hydrogen-bond donors (Lipinski definition) is 1. The normalized spacial score (nSPS) is 12.4. The molecule has 3 rings (SSSR count). The van der Waals surface area contributed by atoms with Gasteiger partial charge in [0.1, 0.15) is 0 Å². The summed E-state index contributed by atoms with van der Waals surface area (Å²) in [4.78, 5) is 10.7. The van der Waals surface area contributed by atoms with Crippen LogP contribution in [-0.2, 0) is 26.8 Å². The molecule has 0 aliphatic rings. The van der Waals surface area contributed by atoms with Crippen molar-refractivity contribution in [2.24, 2.45) is 0 Å². The van der Waals surface area contributed by atoms with Crippen molar-refractivity contribution in [3.63, 3.8) is 0 Å². The summed E-state index contributed by atoms with van der Waals surface area (Å²) >= 11 is 0. The van der Waals surface area contributed by atoms with Crippen LogP contribution in [0.5, 0.6) is 0 Å². The molecule has 0 aliphatic carbocycles. The van der Waals surface area contributed by atoms with Gasteiger partial charge >= 0.3 is 7.60 Å². The van der Waals surface area contributed by atoms with Crippen LogP contribution in [0.1, 0.15) is 22.5 Å². The van der Waals surface area contributed by atoms with E-state index in [1.165, 1.54) is 24.3 Å². The van der Waals surface area contributed by atoms with Crippen LogP contribution in [0.3, 0.4) is 0 Å². The van der Waals surface area contributed by atoms with Crippen molar-refractivity contribution in [3.05, 3.63) is 112 Å². The minimum Gasteiger partial charge on any atom is -0.376 e. The summed E-state index contributed by atoms with van der Waals surface area (Å²) in [7, 11) is -4.18. The maximum atomic E-state index is 13.5. The Balaban J connectivity index is 1.88. The third-order valence-corrected chi connectivity index (χ3v) is 6.07. The summed E-state index contributed by atoms with van der Waals surface area (Å²) < 4.78 is 24.6. The van der Waals surface area contributed by atoms with Crippen molar-refractivity contribution < 1.29 is 23.6 Å². The molecule has 1 N–H and O–H groups in total. The molecule has 0 aliphatic heterocycles. The van der Waals surface area contributed by atoms with Gasteiger partial charge in [-0.3, -0.25) is 14.7 Å². The van der Waals surface area contributed by atoms with Crippen LogP contribution < -0.4 is 0 Å². The highest BCUT2D eigenvalue weighted by molar-refractivity contribution is 7.54. The third-order valence-electron chi connectivity index (χ3n) is 4.22. The number of nitrogens with zero attached hydrogens (tertiary/aromatic N) is 1. The molecule has 0 fully saturated rings. The van der Waals surface area contributed by atoms with Crippen LogP contribution in [0.4, 0.5) is 5.69 Å². The molecule has 0 radical (unpaired) electrons. The highest BCUT2D eigenvalue weighted by Crippen LogP contribution is 2.61. The number of rotatable bonds is 9. The standard InChI is InChI=1S/C21H20NO6P/c23-21(19-13-7-8-14-20(19)22(24)25)29(26,27-15-17-9-3-1-4-10-17)28-16-18-11-5-2-6-12-18/h1-14,21,23H,15-16H2/t21-/m1/s1. The van der Waals surface area contributed by atoms with Gasteiger partial charge in [0.15, 0.2) is 5.85 Å². The molecule has 0 bridgehead atoms. The SMILES string of the molecule is O=[N+]([O-])c1ccccc1[C@H](O)P(=O)(OCc1ccccc1)OCc1ccccc1. The van der Waals surface area contributed by atoms with E-state index in [4.69, 9.17) is 9.05 Å². The zero-order valence-electron chi connectivity index (χ0n) is 15.5. The van der Waals surface area contributed by atoms with Gasteiger partial charge in [-0.1, -0.05) is 72.8 Å². The molecule has 0 saturated heterocycles. The molecule has 7 nitrogen and oxygen atoms in total. The van der Waals surface area contributed by atoms with Gasteiger partial charge in [0.05, 0.1) is 23.7 Å². The van der Waals surface area contributed by atoms with Crippen LogP contribution in [0.15, 0.2) is 84.9 Å². The lowest BCUT2D eigenvalue weighted by atomic mass is 10.2. The number of aliphatic hydroxyl groups is 1. The fourth-order valence-electron chi connectivity index (χ4n) is 2.70. The van der Waals surface area contributed by atoms with Crippen molar-refractivity contribution in [2.45, 2.75) is 19.1 Å². The molecule has 150 valence electrons. The van der Waals surface area contributed by atoms with E-state index in [1.807, 2.05) is 12.1 Å². The average molecular weight is 413 g/mol. The van der Waals surface area contributed by atoms with E-state index < -0.39 is 18.4 Å². The maximum absolute atomic E-state index is 13.5. The van der Waals surface area contributed by atoms with Crippen molar-refractivity contribution in [3.8, 4) is 0 Å². The minimum absolute atomic E-state index is 0.0788. The molecule has 0 saturated carbocycles. The third kappa shape index (κ3) is 5.37. The molecule has 3 aromatic carbocycles. The highest BCUT2D eigenvalue weighted by atomic mass is 31.2. The van der Waals surface area contributed by atoms with Crippen LogP contribution in [0.2, 0.25) is 0 Å². The topological polar surface area (TPSA) is 98.9 Å². The summed E-state index contributed by atoms with van der Waals surface area (Å²) in [5.74, 6) is -1.81. The number of aliphatic hydroxyl groups excluding tert-OH is 1. The first-order chi connectivity index (χ1) is 14.0. The van der Waals surface area contributed by atoms with Crippen LogP contribution in [-0.4, -0.2) is 10.0 Å². The van der Waals surface area contributed by atoms with E-state index in [0.717, 1.165) is 11.1 Å². The fraction of sp³-hybridized carbons (Fsp3) is 0.143. The summed E-state index contributed by atoms with van der Waals surface area (Å²) in [5.41, 5.74) is 0.977. The Morgan fingerprint density at radius 2 is 1.28 bits per heavy atom. The van der Waals surface area contributed by atoms with E-state index in [2.05, 4.69) is 0 Å². The number of nitro benzene ring substituents is 1. The van der Waals surface area contributed by atoms with Gasteiger partial charge < -0.3 is 14.2 Å². The van der Waals surface area contributed by atoms with E-state index in [1.54, 1.807) is 48.5 Å². The zero-order valence-corrected chi connectivity index (χ0v) is 16.4. The quantitative estimate of drug-likeness (QED) is 0.294. The molecular formula is C21H20NO6P. The molecule has 0 aromatic heterocycles. The molecule has 1 atom stereocenters. The van der Waals surface area contributed by atoms with Gasteiger partial charge in [-0.2, -0.15) is 0 Å². The van der Waals surface area contributed by atoms with E-state index in [9.17, 15) is 19.8 Å². The van der Waals surface area contributed by atoms with E-state index in [0.29, 0.717) is 0 Å². The second-order valence-electron chi connectivity index (χ2n) is 6.25. The Morgan fingerprint density at radius 3 is 1.76 bits per heavy atom. The maximum Gasteiger partial charge on any atom is 0.364 e. The number of nitro groups is 1. The van der Waals surface area contributed by atoms with Crippen molar-refractivity contribution >= 4 is 13.3 Å². The van der Waals surface area contributed by atoms with Crippen LogP contribution >= 0.6 is 7.60 Å². The molecule has 0 unspecified atom stereocenters. The van der Waals surface area contributed by atoms with Crippen molar-refractivity contribution in [1.82, 2.24) is 0 Å². The van der Waals surface area contributed by atoms with Gasteiger partial charge in [0.2, 0.25) is 0 Å². The van der Waals surface area contributed by atoms with Gasteiger partial charge in [0.25, 0.3) is 5.69 Å². The molecule has 0 amide bonds. The van der Waals surface area contributed by atoms with E-state index >= 15 is 0 Å². The Morgan fingerprint density at radius 1 is 0.828 bits per heavy atom. The molecule has 0 heterocycles.